The van der Waals surface area contributed by atoms with Gasteiger partial charge in [-0.15, -0.1) is 0 Å². The minimum Gasteiger partial charge on any atom is -0.457 e. The summed E-state index contributed by atoms with van der Waals surface area (Å²) in [5.41, 5.74) is 8.74. The number of alkyl halides is 1. The number of piperidine rings is 1. The van der Waals surface area contributed by atoms with E-state index in [0.29, 0.717) is 35.5 Å². The summed E-state index contributed by atoms with van der Waals surface area (Å²) >= 11 is 3.90. The molecule has 42 heavy (non-hydrogen) atoms. The Labute approximate surface area is 251 Å². The lowest BCUT2D eigenvalue weighted by Gasteiger charge is -2.44. The van der Waals surface area contributed by atoms with Crippen LogP contribution >= 0.6 is 15.9 Å². The SMILES string of the molecule is N#CCC(=O)C1=CC=C[C@@](Br)(N2CCCC(n3c(=O)n(-c4ccc(Oc5ccccc5)cc4)c4c(N)nccc43)C2)C1. The first-order valence-corrected chi connectivity index (χ1v) is 14.6. The number of benzene rings is 2. The molecule has 1 saturated heterocycles. The highest BCUT2D eigenvalue weighted by molar-refractivity contribution is 9.10. The lowest BCUT2D eigenvalue weighted by Crippen LogP contribution is -2.50. The number of carbonyl (C=O) groups is 1. The summed E-state index contributed by atoms with van der Waals surface area (Å²) in [4.78, 5) is 33.2. The van der Waals surface area contributed by atoms with Crippen molar-refractivity contribution in [1.82, 2.24) is 19.0 Å². The zero-order valence-corrected chi connectivity index (χ0v) is 24.4. The second-order valence-corrected chi connectivity index (χ2v) is 11.9. The van der Waals surface area contributed by atoms with Crippen LogP contribution in [0.2, 0.25) is 0 Å². The van der Waals surface area contributed by atoms with Crippen LogP contribution in [0.25, 0.3) is 16.7 Å². The van der Waals surface area contributed by atoms with Gasteiger partial charge in [0.25, 0.3) is 0 Å². The van der Waals surface area contributed by atoms with Crippen LogP contribution in [0.15, 0.2) is 95.5 Å². The minimum absolute atomic E-state index is 0.135. The number of Topliss-reactive ketones (excluding diaryl/α,β-unsaturated/α-hetero) is 1. The molecule has 0 bridgehead atoms. The molecule has 1 aliphatic heterocycles. The second kappa shape index (κ2) is 11.4. The van der Waals surface area contributed by atoms with Crippen LogP contribution < -0.4 is 16.2 Å². The fourth-order valence-electron chi connectivity index (χ4n) is 5.86. The number of carbonyl (C=O) groups excluding carboxylic acids is 1. The predicted octanol–water partition coefficient (Wildman–Crippen LogP) is 5.66. The van der Waals surface area contributed by atoms with Crippen molar-refractivity contribution in [2.24, 2.45) is 0 Å². The first-order chi connectivity index (χ1) is 20.4. The highest BCUT2D eigenvalue weighted by atomic mass is 79.9. The van der Waals surface area contributed by atoms with Gasteiger partial charge in [0, 0.05) is 19.2 Å². The number of imidazole rings is 1. The number of halogens is 1. The van der Waals surface area contributed by atoms with Gasteiger partial charge < -0.3 is 10.5 Å². The summed E-state index contributed by atoms with van der Waals surface area (Å²) < 4.78 is 8.80. The van der Waals surface area contributed by atoms with Gasteiger partial charge in [0.2, 0.25) is 0 Å². The molecule has 9 nitrogen and oxygen atoms in total. The average Bonchev–Trinajstić information content (AvgIpc) is 3.31. The molecule has 3 heterocycles. The van der Waals surface area contributed by atoms with Gasteiger partial charge in [0.15, 0.2) is 5.78 Å². The van der Waals surface area contributed by atoms with Gasteiger partial charge in [-0.25, -0.2) is 9.78 Å². The molecule has 212 valence electrons. The van der Waals surface area contributed by atoms with E-state index in [2.05, 4.69) is 25.8 Å². The van der Waals surface area contributed by atoms with Gasteiger partial charge >= 0.3 is 5.69 Å². The normalized spacial score (nSPS) is 20.7. The van der Waals surface area contributed by atoms with Crippen molar-refractivity contribution in [3.8, 4) is 23.3 Å². The number of pyridine rings is 1. The number of nitriles is 1. The number of hydrogen-bond acceptors (Lipinski definition) is 7. The molecule has 2 atom stereocenters. The number of aromatic nitrogens is 3. The molecule has 10 heteroatoms. The molecule has 2 N–H and O–H groups in total. The van der Waals surface area contributed by atoms with Gasteiger partial charge in [0.05, 0.1) is 34.2 Å². The molecule has 0 saturated carbocycles. The minimum atomic E-state index is -0.585. The van der Waals surface area contributed by atoms with E-state index in [0.717, 1.165) is 30.7 Å². The maximum absolute atomic E-state index is 14.2. The zero-order valence-electron chi connectivity index (χ0n) is 22.8. The molecule has 0 spiro atoms. The molecule has 0 radical (unpaired) electrons. The number of rotatable bonds is 7. The number of nitrogens with zero attached hydrogens (tertiary/aromatic N) is 5. The molecule has 1 aliphatic carbocycles. The molecule has 1 fully saturated rings. The highest BCUT2D eigenvalue weighted by Gasteiger charge is 2.39. The van der Waals surface area contributed by atoms with E-state index < -0.39 is 4.45 Å². The molecule has 0 amide bonds. The third kappa shape index (κ3) is 5.17. The predicted molar refractivity (Wildman–Crippen MR) is 165 cm³/mol. The van der Waals surface area contributed by atoms with Gasteiger partial charge in [-0.2, -0.15) is 5.26 Å². The first kappa shape index (κ1) is 27.7. The van der Waals surface area contributed by atoms with Crippen LogP contribution in [0.1, 0.15) is 31.7 Å². The third-order valence-electron chi connectivity index (χ3n) is 7.86. The Bertz CT molecular complexity index is 1800. The Balaban J connectivity index is 1.33. The van der Waals surface area contributed by atoms with E-state index >= 15 is 0 Å². The van der Waals surface area contributed by atoms with Crippen LogP contribution in [0.4, 0.5) is 5.82 Å². The third-order valence-corrected chi connectivity index (χ3v) is 8.90. The maximum atomic E-state index is 14.2. The topological polar surface area (TPSA) is 119 Å². The van der Waals surface area contributed by atoms with Gasteiger partial charge in [-0.1, -0.05) is 52.4 Å². The standard InChI is InChI=1S/C32H29BrN6O3/c33-32(16-4-6-22(20-32)28(40)14-17-34)37-19-5-7-24(21-37)38-27-15-18-36-30(35)29(27)39(31(38)41)23-10-12-26(13-11-23)42-25-8-2-1-3-9-25/h1-4,6,8-13,15-16,18,24H,5,7,14,19-21H2,(H2,35,36)/t24?,32-/m1/s1. The molecule has 1 unspecified atom stereocenters. The number of nitrogens with two attached hydrogens (primary N) is 1. The Morgan fingerprint density at radius 2 is 1.90 bits per heavy atom. The summed E-state index contributed by atoms with van der Waals surface area (Å²) in [6.45, 7) is 1.38. The Kier molecular flexibility index (Phi) is 7.54. The molecule has 2 aromatic carbocycles. The van der Waals surface area contributed by atoms with Crippen LogP contribution in [-0.4, -0.2) is 42.3 Å². The number of anilines is 1. The largest absolute Gasteiger partial charge is 0.457 e. The van der Waals surface area contributed by atoms with E-state index in [1.165, 1.54) is 0 Å². The van der Waals surface area contributed by atoms with Crippen molar-refractivity contribution in [2.45, 2.75) is 36.2 Å². The zero-order chi connectivity index (χ0) is 29.3. The van der Waals surface area contributed by atoms with Crippen molar-refractivity contribution in [2.75, 3.05) is 18.8 Å². The van der Waals surface area contributed by atoms with E-state index in [-0.39, 0.29) is 29.8 Å². The number of nitrogen functional groups attached to an aromatic ring is 1. The van der Waals surface area contributed by atoms with Crippen LogP contribution in [0.3, 0.4) is 0 Å². The van der Waals surface area contributed by atoms with Crippen LogP contribution in [-0.2, 0) is 4.79 Å². The van der Waals surface area contributed by atoms with Crippen molar-refractivity contribution >= 4 is 38.6 Å². The van der Waals surface area contributed by atoms with Gasteiger partial charge in [-0.05, 0) is 67.4 Å². The summed E-state index contributed by atoms with van der Waals surface area (Å²) in [7, 11) is 0. The molecular weight excluding hydrogens is 596 g/mol. The summed E-state index contributed by atoms with van der Waals surface area (Å²) in [5, 5.41) is 9.00. The number of ether oxygens (including phenoxy) is 1. The highest BCUT2D eigenvalue weighted by Crippen LogP contribution is 2.40. The number of hydrogen-bond donors (Lipinski definition) is 1. The summed E-state index contributed by atoms with van der Waals surface area (Å²) in [6, 6.07) is 20.5. The van der Waals surface area contributed by atoms with Crippen molar-refractivity contribution in [3.63, 3.8) is 0 Å². The Morgan fingerprint density at radius 1 is 1.14 bits per heavy atom. The lowest BCUT2D eigenvalue weighted by molar-refractivity contribution is -0.115. The van der Waals surface area contributed by atoms with Crippen molar-refractivity contribution < 1.29 is 9.53 Å². The number of allylic oxidation sites excluding steroid dienone is 2. The summed E-state index contributed by atoms with van der Waals surface area (Å²) in [5.74, 6) is 1.49. The van der Waals surface area contributed by atoms with Crippen LogP contribution in [0.5, 0.6) is 11.5 Å². The van der Waals surface area contributed by atoms with E-state index in [1.54, 1.807) is 16.8 Å². The van der Waals surface area contributed by atoms with Gasteiger partial charge in [0.1, 0.15) is 22.8 Å². The van der Waals surface area contributed by atoms with Crippen molar-refractivity contribution in [3.05, 3.63) is 101 Å². The Hall–Kier alpha value is -4.46. The quantitative estimate of drug-likeness (QED) is 0.208. The maximum Gasteiger partial charge on any atom is 0.334 e. The fourth-order valence-corrected chi connectivity index (χ4v) is 6.64. The molecule has 4 aromatic rings. The molecule has 2 aromatic heterocycles. The lowest BCUT2D eigenvalue weighted by atomic mass is 9.93. The fraction of sp³-hybridized carbons (Fsp3) is 0.250. The summed E-state index contributed by atoms with van der Waals surface area (Å²) in [6.07, 6.45) is 9.28. The van der Waals surface area contributed by atoms with Gasteiger partial charge in [-0.3, -0.25) is 18.8 Å². The number of para-hydroxylation sites is 1. The van der Waals surface area contributed by atoms with Crippen LogP contribution in [0, 0.1) is 11.3 Å². The molecular formula is C32H29BrN6O3. The molecule has 6 rings (SSSR count). The molecule has 2 aliphatic rings. The van der Waals surface area contributed by atoms with E-state index in [9.17, 15) is 9.59 Å². The smallest absolute Gasteiger partial charge is 0.334 e. The van der Waals surface area contributed by atoms with Crippen molar-refractivity contribution in [1.29, 1.82) is 5.26 Å². The van der Waals surface area contributed by atoms with E-state index in [1.807, 2.05) is 83.5 Å². The number of likely N-dealkylation sites (tertiary alicyclic amines) is 1. The first-order valence-electron chi connectivity index (χ1n) is 13.8. The average molecular weight is 626 g/mol. The second-order valence-electron chi connectivity index (χ2n) is 10.5. The number of fused-ring (bicyclic) bond motifs is 1. The monoisotopic (exact) mass is 624 g/mol. The number of ketones is 1. The van der Waals surface area contributed by atoms with E-state index in [4.69, 9.17) is 15.7 Å². The Morgan fingerprint density at radius 3 is 2.67 bits per heavy atom.